The molecule has 2 N–H and O–H groups in total. The van der Waals surface area contributed by atoms with Crippen molar-refractivity contribution >= 4 is 11.6 Å². The molecule has 0 unspecified atom stereocenters. The highest BCUT2D eigenvalue weighted by atomic mass is 35.5. The zero-order valence-corrected chi connectivity index (χ0v) is 11.2. The number of benzene rings is 1. The van der Waals surface area contributed by atoms with E-state index in [1.165, 1.54) is 31.4 Å². The van der Waals surface area contributed by atoms with Gasteiger partial charge in [0.2, 0.25) is 0 Å². The average molecular weight is 272 g/mol. The molecule has 1 aromatic rings. The summed E-state index contributed by atoms with van der Waals surface area (Å²) < 4.78 is 18.7. The Morgan fingerprint density at radius 1 is 1.28 bits per heavy atom. The SMILES string of the molecule is NCC1(COc2ccc(F)cc2Cl)CCCCC1. The fourth-order valence-corrected chi connectivity index (χ4v) is 2.75. The van der Waals surface area contributed by atoms with Crippen molar-refractivity contribution in [3.8, 4) is 5.75 Å². The summed E-state index contributed by atoms with van der Waals surface area (Å²) in [6, 6.07) is 4.20. The second kappa shape index (κ2) is 5.89. The van der Waals surface area contributed by atoms with Gasteiger partial charge in [0.1, 0.15) is 11.6 Å². The van der Waals surface area contributed by atoms with Crippen molar-refractivity contribution in [3.05, 3.63) is 29.0 Å². The first-order chi connectivity index (χ1) is 8.65. The molecule has 1 aliphatic rings. The molecular formula is C14H19ClFNO. The smallest absolute Gasteiger partial charge is 0.138 e. The quantitative estimate of drug-likeness (QED) is 0.905. The molecular weight excluding hydrogens is 253 g/mol. The van der Waals surface area contributed by atoms with E-state index in [9.17, 15) is 4.39 Å². The van der Waals surface area contributed by atoms with Gasteiger partial charge in [0.15, 0.2) is 0 Å². The standard InChI is InChI=1S/C14H19ClFNO/c15-12-8-11(16)4-5-13(12)18-10-14(9-17)6-2-1-3-7-14/h4-5,8H,1-3,6-7,9-10,17H2. The summed E-state index contributed by atoms with van der Waals surface area (Å²) in [5.74, 6) is 0.190. The topological polar surface area (TPSA) is 35.2 Å². The summed E-state index contributed by atoms with van der Waals surface area (Å²) >= 11 is 5.94. The number of halogens is 2. The van der Waals surface area contributed by atoms with Crippen LogP contribution in [0.3, 0.4) is 0 Å². The maximum absolute atomic E-state index is 12.9. The first kappa shape index (κ1) is 13.6. The van der Waals surface area contributed by atoms with Gasteiger partial charge in [-0.05, 0) is 31.0 Å². The summed E-state index contributed by atoms with van der Waals surface area (Å²) in [6.45, 7) is 1.20. The van der Waals surface area contributed by atoms with Gasteiger partial charge in [-0.3, -0.25) is 0 Å². The molecule has 2 rings (SSSR count). The predicted molar refractivity (Wildman–Crippen MR) is 71.5 cm³/mol. The van der Waals surface area contributed by atoms with Crippen LogP contribution in [0.4, 0.5) is 4.39 Å². The molecule has 0 amide bonds. The summed E-state index contributed by atoms with van der Waals surface area (Å²) in [6.07, 6.45) is 5.89. The van der Waals surface area contributed by atoms with Crippen LogP contribution in [0.2, 0.25) is 5.02 Å². The van der Waals surface area contributed by atoms with Crippen molar-refractivity contribution in [1.82, 2.24) is 0 Å². The van der Waals surface area contributed by atoms with Gasteiger partial charge in [0.05, 0.1) is 11.6 Å². The monoisotopic (exact) mass is 271 g/mol. The molecule has 0 aromatic heterocycles. The lowest BCUT2D eigenvalue weighted by Gasteiger charge is -2.35. The maximum Gasteiger partial charge on any atom is 0.138 e. The highest BCUT2D eigenvalue weighted by Crippen LogP contribution is 2.36. The third-order valence-corrected chi connectivity index (χ3v) is 4.07. The van der Waals surface area contributed by atoms with Crippen LogP contribution in [-0.4, -0.2) is 13.2 Å². The van der Waals surface area contributed by atoms with Crippen molar-refractivity contribution in [2.75, 3.05) is 13.2 Å². The van der Waals surface area contributed by atoms with Crippen molar-refractivity contribution in [2.24, 2.45) is 11.1 Å². The summed E-state index contributed by atoms with van der Waals surface area (Å²) in [5, 5.41) is 0.318. The Balaban J connectivity index is 2.01. The lowest BCUT2D eigenvalue weighted by atomic mass is 9.75. The zero-order chi connectivity index (χ0) is 13.0. The van der Waals surface area contributed by atoms with Crippen LogP contribution in [0.15, 0.2) is 18.2 Å². The van der Waals surface area contributed by atoms with Gasteiger partial charge >= 0.3 is 0 Å². The molecule has 0 bridgehead atoms. The Morgan fingerprint density at radius 3 is 2.61 bits per heavy atom. The molecule has 1 aromatic carbocycles. The molecule has 1 aliphatic carbocycles. The second-order valence-electron chi connectivity index (χ2n) is 5.13. The Morgan fingerprint density at radius 2 is 2.00 bits per heavy atom. The molecule has 0 heterocycles. The van der Waals surface area contributed by atoms with Crippen LogP contribution in [0.1, 0.15) is 32.1 Å². The lowest BCUT2D eigenvalue weighted by Crippen LogP contribution is -2.38. The normalized spacial score (nSPS) is 18.6. The van der Waals surface area contributed by atoms with Crippen LogP contribution in [0, 0.1) is 11.2 Å². The lowest BCUT2D eigenvalue weighted by molar-refractivity contribution is 0.105. The first-order valence-corrected chi connectivity index (χ1v) is 6.81. The van der Waals surface area contributed by atoms with Crippen molar-refractivity contribution in [2.45, 2.75) is 32.1 Å². The van der Waals surface area contributed by atoms with Crippen molar-refractivity contribution in [3.63, 3.8) is 0 Å². The minimum absolute atomic E-state index is 0.0654. The Bertz CT molecular complexity index is 405. The number of rotatable bonds is 4. The van der Waals surface area contributed by atoms with Gasteiger partial charge in [-0.1, -0.05) is 30.9 Å². The van der Waals surface area contributed by atoms with E-state index in [-0.39, 0.29) is 11.2 Å². The third-order valence-electron chi connectivity index (χ3n) is 3.78. The number of hydrogen-bond donors (Lipinski definition) is 1. The molecule has 2 nitrogen and oxygen atoms in total. The fourth-order valence-electron chi connectivity index (χ4n) is 2.53. The van der Waals surface area contributed by atoms with Gasteiger partial charge in [-0.2, -0.15) is 0 Å². The van der Waals surface area contributed by atoms with Gasteiger partial charge in [0.25, 0.3) is 0 Å². The highest BCUT2D eigenvalue weighted by Gasteiger charge is 2.31. The van der Waals surface area contributed by atoms with E-state index in [1.54, 1.807) is 6.07 Å². The molecule has 0 radical (unpaired) electrons. The van der Waals surface area contributed by atoms with Crippen LogP contribution in [0.5, 0.6) is 5.75 Å². The van der Waals surface area contributed by atoms with Crippen molar-refractivity contribution in [1.29, 1.82) is 0 Å². The Kier molecular flexibility index (Phi) is 4.46. The molecule has 1 fully saturated rings. The molecule has 1 saturated carbocycles. The third kappa shape index (κ3) is 3.15. The molecule has 18 heavy (non-hydrogen) atoms. The molecule has 0 atom stereocenters. The first-order valence-electron chi connectivity index (χ1n) is 6.43. The van der Waals surface area contributed by atoms with Crippen LogP contribution in [-0.2, 0) is 0 Å². The summed E-state index contributed by atoms with van der Waals surface area (Å²) in [4.78, 5) is 0. The minimum atomic E-state index is -0.349. The van der Waals surface area contributed by atoms with Crippen LogP contribution in [0.25, 0.3) is 0 Å². The van der Waals surface area contributed by atoms with Crippen LogP contribution < -0.4 is 10.5 Å². The van der Waals surface area contributed by atoms with Gasteiger partial charge in [-0.15, -0.1) is 0 Å². The summed E-state index contributed by atoms with van der Waals surface area (Å²) in [7, 11) is 0. The largest absolute Gasteiger partial charge is 0.491 e. The van der Waals surface area contributed by atoms with Gasteiger partial charge in [0, 0.05) is 12.0 Å². The molecule has 100 valence electrons. The second-order valence-corrected chi connectivity index (χ2v) is 5.54. The highest BCUT2D eigenvalue weighted by molar-refractivity contribution is 6.32. The van der Waals surface area contributed by atoms with Gasteiger partial charge in [-0.25, -0.2) is 4.39 Å². The van der Waals surface area contributed by atoms with Crippen molar-refractivity contribution < 1.29 is 9.13 Å². The summed E-state index contributed by atoms with van der Waals surface area (Å²) in [5.41, 5.74) is 5.96. The van der Waals surface area contributed by atoms with E-state index in [0.717, 1.165) is 12.8 Å². The van der Waals surface area contributed by atoms with E-state index in [0.29, 0.717) is 23.9 Å². The van der Waals surface area contributed by atoms with E-state index >= 15 is 0 Å². The minimum Gasteiger partial charge on any atom is -0.491 e. The van der Waals surface area contributed by atoms with Gasteiger partial charge < -0.3 is 10.5 Å². The Labute approximate surface area is 112 Å². The number of ether oxygens (including phenoxy) is 1. The number of hydrogen-bond acceptors (Lipinski definition) is 2. The predicted octanol–water partition coefficient (Wildman–Crippen LogP) is 3.77. The van der Waals surface area contributed by atoms with E-state index in [4.69, 9.17) is 22.1 Å². The molecule has 0 aliphatic heterocycles. The van der Waals surface area contributed by atoms with E-state index in [2.05, 4.69) is 0 Å². The van der Waals surface area contributed by atoms with E-state index in [1.807, 2.05) is 0 Å². The zero-order valence-electron chi connectivity index (χ0n) is 10.4. The maximum atomic E-state index is 12.9. The average Bonchev–Trinajstić information content (AvgIpc) is 2.39. The molecule has 0 spiro atoms. The number of nitrogens with two attached hydrogens (primary N) is 1. The molecule has 4 heteroatoms. The molecule has 0 saturated heterocycles. The fraction of sp³-hybridized carbons (Fsp3) is 0.571. The van der Waals surface area contributed by atoms with Crippen LogP contribution >= 0.6 is 11.6 Å². The van der Waals surface area contributed by atoms with E-state index < -0.39 is 0 Å². The Hall–Kier alpha value is -0.800.